The lowest BCUT2D eigenvalue weighted by atomic mass is 10.1. The molecule has 3 aromatic carbocycles. The number of halogens is 3. The van der Waals surface area contributed by atoms with Gasteiger partial charge in [-0.2, -0.15) is 22.9 Å². The van der Waals surface area contributed by atoms with Crippen molar-refractivity contribution in [3.63, 3.8) is 0 Å². The van der Waals surface area contributed by atoms with Crippen LogP contribution in [0.1, 0.15) is 11.1 Å². The Morgan fingerprint density at radius 3 is 2.55 bits per heavy atom. The zero-order valence-corrected chi connectivity index (χ0v) is 16.3. The third-order valence-electron chi connectivity index (χ3n) is 4.62. The Morgan fingerprint density at radius 1 is 1.00 bits per heavy atom. The van der Waals surface area contributed by atoms with Gasteiger partial charge in [-0.3, -0.25) is 4.79 Å². The highest BCUT2D eigenvalue weighted by atomic mass is 19.4. The number of benzene rings is 3. The molecule has 0 spiro atoms. The van der Waals surface area contributed by atoms with Crippen LogP contribution in [0.25, 0.3) is 22.3 Å². The number of alkyl halides is 3. The summed E-state index contributed by atoms with van der Waals surface area (Å²) in [6.07, 6.45) is -3.10. The summed E-state index contributed by atoms with van der Waals surface area (Å²) in [4.78, 5) is 17.5. The van der Waals surface area contributed by atoms with E-state index in [2.05, 4.69) is 10.1 Å². The highest BCUT2D eigenvalue weighted by Gasteiger charge is 2.30. The third kappa shape index (κ3) is 4.18. The predicted octanol–water partition coefficient (Wildman–Crippen LogP) is 4.97. The van der Waals surface area contributed by atoms with Crippen molar-refractivity contribution in [2.24, 2.45) is 5.10 Å². The van der Waals surface area contributed by atoms with E-state index in [-0.39, 0.29) is 11.4 Å². The third-order valence-corrected chi connectivity index (χ3v) is 4.62. The summed E-state index contributed by atoms with van der Waals surface area (Å²) in [6, 6.07) is 18.3. The maximum absolute atomic E-state index is 13.2. The summed E-state index contributed by atoms with van der Waals surface area (Å²) in [5.41, 5.74) is -0.185. The first kappa shape index (κ1) is 20.3. The lowest BCUT2D eigenvalue weighted by Gasteiger charge is -2.12. The molecule has 0 fully saturated rings. The van der Waals surface area contributed by atoms with Crippen LogP contribution in [0.3, 0.4) is 0 Å². The normalized spacial score (nSPS) is 11.9. The molecule has 31 heavy (non-hydrogen) atoms. The number of rotatable bonds is 4. The molecule has 8 heteroatoms. The quantitative estimate of drug-likeness (QED) is 0.436. The number of fused-ring (bicyclic) bond motifs is 1. The highest BCUT2D eigenvalue weighted by molar-refractivity contribution is 5.82. The Morgan fingerprint density at radius 2 is 1.77 bits per heavy atom. The van der Waals surface area contributed by atoms with Crippen molar-refractivity contribution in [2.45, 2.75) is 6.18 Å². The van der Waals surface area contributed by atoms with Gasteiger partial charge in [-0.25, -0.2) is 4.98 Å². The van der Waals surface area contributed by atoms with Crippen molar-refractivity contribution >= 4 is 17.1 Å². The van der Waals surface area contributed by atoms with Gasteiger partial charge in [0.25, 0.3) is 5.56 Å². The molecule has 0 radical (unpaired) electrons. The van der Waals surface area contributed by atoms with Crippen LogP contribution in [-0.2, 0) is 6.18 Å². The van der Waals surface area contributed by atoms with E-state index in [1.807, 2.05) is 0 Å². The molecule has 5 nitrogen and oxygen atoms in total. The number of ether oxygens (including phenoxy) is 1. The van der Waals surface area contributed by atoms with Crippen molar-refractivity contribution in [3.8, 4) is 17.1 Å². The zero-order chi connectivity index (χ0) is 22.0. The Labute approximate surface area is 175 Å². The molecule has 0 N–H and O–H groups in total. The smallest absolute Gasteiger partial charge is 0.416 e. The fraction of sp³-hybridized carbons (Fsp3) is 0.0870. The van der Waals surface area contributed by atoms with Crippen LogP contribution in [0.5, 0.6) is 5.75 Å². The first-order chi connectivity index (χ1) is 14.9. The van der Waals surface area contributed by atoms with Crippen molar-refractivity contribution in [1.82, 2.24) is 9.66 Å². The van der Waals surface area contributed by atoms with Crippen molar-refractivity contribution < 1.29 is 17.9 Å². The summed E-state index contributed by atoms with van der Waals surface area (Å²) >= 11 is 0. The molecule has 0 saturated carbocycles. The summed E-state index contributed by atoms with van der Waals surface area (Å²) in [6.45, 7) is 0. The topological polar surface area (TPSA) is 56.5 Å². The second kappa shape index (κ2) is 8.06. The summed E-state index contributed by atoms with van der Waals surface area (Å²) in [5, 5.41) is 4.56. The van der Waals surface area contributed by atoms with E-state index in [1.165, 1.54) is 25.5 Å². The molecular formula is C23H16F3N3O2. The number of para-hydroxylation sites is 1. The number of methoxy groups -OCH3 is 1. The second-order valence-electron chi connectivity index (χ2n) is 6.67. The van der Waals surface area contributed by atoms with Crippen molar-refractivity contribution in [2.75, 3.05) is 7.11 Å². The standard InChI is InChI=1S/C23H16F3N3O2/c1-31-18-9-4-6-15(12-18)14-27-29-21(16-7-5-8-17(13-16)23(24,25)26)28-20-11-3-2-10-19(20)22(29)30/h2-14H,1H3. The van der Waals surface area contributed by atoms with Gasteiger partial charge in [-0.15, -0.1) is 0 Å². The van der Waals surface area contributed by atoms with E-state index in [4.69, 9.17) is 4.74 Å². The summed E-state index contributed by atoms with van der Waals surface area (Å²) in [7, 11) is 1.53. The van der Waals surface area contributed by atoms with E-state index >= 15 is 0 Å². The molecule has 156 valence electrons. The van der Waals surface area contributed by atoms with Gasteiger partial charge in [0.15, 0.2) is 5.82 Å². The Hall–Kier alpha value is -3.94. The average Bonchev–Trinajstić information content (AvgIpc) is 2.78. The average molecular weight is 423 g/mol. The highest BCUT2D eigenvalue weighted by Crippen LogP contribution is 2.31. The molecule has 0 aliphatic heterocycles. The maximum atomic E-state index is 13.2. The molecule has 4 rings (SSSR count). The minimum atomic E-state index is -4.53. The molecule has 4 aromatic rings. The van der Waals surface area contributed by atoms with Gasteiger partial charge in [0.1, 0.15) is 5.75 Å². The molecule has 0 aliphatic rings. The molecule has 0 amide bonds. The van der Waals surface area contributed by atoms with Crippen LogP contribution in [-0.4, -0.2) is 23.0 Å². The van der Waals surface area contributed by atoms with Gasteiger partial charge in [0, 0.05) is 5.56 Å². The van der Waals surface area contributed by atoms with Crippen LogP contribution in [0.4, 0.5) is 13.2 Å². The van der Waals surface area contributed by atoms with Crippen LogP contribution >= 0.6 is 0 Å². The van der Waals surface area contributed by atoms with Gasteiger partial charge in [0.2, 0.25) is 0 Å². The van der Waals surface area contributed by atoms with E-state index in [0.29, 0.717) is 22.2 Å². The Bertz CT molecular complexity index is 1340. The van der Waals surface area contributed by atoms with Gasteiger partial charge in [-0.1, -0.05) is 36.4 Å². The largest absolute Gasteiger partial charge is 0.497 e. The molecular weight excluding hydrogens is 407 g/mol. The lowest BCUT2D eigenvalue weighted by Crippen LogP contribution is -2.20. The zero-order valence-electron chi connectivity index (χ0n) is 16.3. The Balaban J connectivity index is 1.92. The van der Waals surface area contributed by atoms with Crippen LogP contribution in [0.15, 0.2) is 82.7 Å². The molecule has 0 aliphatic carbocycles. The minimum absolute atomic E-state index is 0.00828. The number of hydrogen-bond donors (Lipinski definition) is 0. The number of nitrogens with zero attached hydrogens (tertiary/aromatic N) is 3. The monoisotopic (exact) mass is 423 g/mol. The van der Waals surface area contributed by atoms with Gasteiger partial charge < -0.3 is 4.74 Å². The first-order valence-electron chi connectivity index (χ1n) is 9.24. The Kier molecular flexibility index (Phi) is 5.29. The molecule has 0 atom stereocenters. The van der Waals surface area contributed by atoms with Crippen LogP contribution in [0.2, 0.25) is 0 Å². The maximum Gasteiger partial charge on any atom is 0.416 e. The van der Waals surface area contributed by atoms with Crippen LogP contribution < -0.4 is 10.3 Å². The first-order valence-corrected chi connectivity index (χ1v) is 9.24. The van der Waals surface area contributed by atoms with Gasteiger partial charge in [-0.05, 0) is 42.0 Å². The fourth-order valence-electron chi connectivity index (χ4n) is 3.10. The molecule has 1 heterocycles. The molecule has 0 unspecified atom stereocenters. The molecule has 1 aromatic heterocycles. The number of hydrogen-bond acceptors (Lipinski definition) is 4. The lowest BCUT2D eigenvalue weighted by molar-refractivity contribution is -0.137. The van der Waals surface area contributed by atoms with E-state index < -0.39 is 17.3 Å². The van der Waals surface area contributed by atoms with Crippen molar-refractivity contribution in [1.29, 1.82) is 0 Å². The second-order valence-corrected chi connectivity index (χ2v) is 6.67. The van der Waals surface area contributed by atoms with Crippen molar-refractivity contribution in [3.05, 3.63) is 94.3 Å². The van der Waals surface area contributed by atoms with E-state index in [1.54, 1.807) is 48.5 Å². The van der Waals surface area contributed by atoms with Gasteiger partial charge in [0.05, 0.1) is 29.8 Å². The minimum Gasteiger partial charge on any atom is -0.497 e. The van der Waals surface area contributed by atoms with E-state index in [9.17, 15) is 18.0 Å². The summed E-state index contributed by atoms with van der Waals surface area (Å²) < 4.78 is 45.9. The number of aromatic nitrogens is 2. The SMILES string of the molecule is COc1cccc(C=Nn2c(-c3cccc(C(F)(F)F)c3)nc3ccccc3c2=O)c1. The van der Waals surface area contributed by atoms with E-state index in [0.717, 1.165) is 16.8 Å². The van der Waals surface area contributed by atoms with Crippen LogP contribution in [0, 0.1) is 0 Å². The molecule has 0 saturated heterocycles. The fourth-order valence-corrected chi connectivity index (χ4v) is 3.10. The predicted molar refractivity (Wildman–Crippen MR) is 112 cm³/mol. The molecule has 0 bridgehead atoms. The summed E-state index contributed by atoms with van der Waals surface area (Å²) in [5.74, 6) is 0.611. The van der Waals surface area contributed by atoms with Gasteiger partial charge >= 0.3 is 6.18 Å².